The molecule has 0 unspecified atom stereocenters. The van der Waals surface area contributed by atoms with Crippen molar-refractivity contribution >= 4 is 11.9 Å². The fraction of sp³-hybridized carbons (Fsp3) is 0.455. The van der Waals surface area contributed by atoms with Crippen LogP contribution in [0.25, 0.3) is 6.08 Å². The number of nitrogens with one attached hydrogen (secondary N) is 1. The van der Waals surface area contributed by atoms with Gasteiger partial charge in [0.2, 0.25) is 0 Å². The van der Waals surface area contributed by atoms with Crippen molar-refractivity contribution in [2.75, 3.05) is 31.1 Å². The molecule has 0 radical (unpaired) electrons. The van der Waals surface area contributed by atoms with Crippen LogP contribution in [0.2, 0.25) is 0 Å². The summed E-state index contributed by atoms with van der Waals surface area (Å²) in [5.41, 5.74) is 5.77. The van der Waals surface area contributed by atoms with Gasteiger partial charge >= 0.3 is 0 Å². The number of allylic oxidation sites excluding steroid dienone is 1. The lowest BCUT2D eigenvalue weighted by Crippen LogP contribution is -2.42. The molecule has 2 aromatic rings. The molecular formula is C22H26N4. The number of piperidine rings is 1. The highest BCUT2D eigenvalue weighted by molar-refractivity contribution is 5.66. The molecule has 1 aromatic carbocycles. The Morgan fingerprint density at radius 3 is 2.73 bits per heavy atom. The van der Waals surface area contributed by atoms with E-state index in [-0.39, 0.29) is 5.41 Å². The Morgan fingerprint density at radius 1 is 1.04 bits per heavy atom. The summed E-state index contributed by atoms with van der Waals surface area (Å²) in [7, 11) is 0. The number of anilines is 1. The Bertz CT molecular complexity index is 862. The highest BCUT2D eigenvalue weighted by Gasteiger charge is 2.38. The quantitative estimate of drug-likeness (QED) is 0.862. The second-order valence-electron chi connectivity index (χ2n) is 7.83. The van der Waals surface area contributed by atoms with E-state index in [1.807, 2.05) is 6.92 Å². The number of benzene rings is 1. The van der Waals surface area contributed by atoms with Crippen molar-refractivity contribution in [3.63, 3.8) is 0 Å². The smallest absolute Gasteiger partial charge is 0.135 e. The van der Waals surface area contributed by atoms with E-state index in [9.17, 15) is 0 Å². The van der Waals surface area contributed by atoms with Gasteiger partial charge in [0.05, 0.1) is 5.69 Å². The van der Waals surface area contributed by atoms with Gasteiger partial charge < -0.3 is 10.2 Å². The van der Waals surface area contributed by atoms with Gasteiger partial charge in [-0.15, -0.1) is 0 Å². The first-order valence-electron chi connectivity index (χ1n) is 9.86. The minimum Gasteiger partial charge on any atom is -0.356 e. The number of nitrogens with zero attached hydrogens (tertiary/aromatic N) is 3. The molecule has 1 spiro atoms. The van der Waals surface area contributed by atoms with Gasteiger partial charge in [-0.3, -0.25) is 0 Å². The zero-order valence-electron chi connectivity index (χ0n) is 15.5. The fourth-order valence-electron chi connectivity index (χ4n) is 4.90. The highest BCUT2D eigenvalue weighted by atomic mass is 15.2. The van der Waals surface area contributed by atoms with E-state index in [2.05, 4.69) is 46.6 Å². The molecule has 2 aliphatic heterocycles. The molecule has 0 bridgehead atoms. The Labute approximate surface area is 155 Å². The molecule has 0 saturated carbocycles. The number of aromatic nitrogens is 2. The van der Waals surface area contributed by atoms with Crippen LogP contribution < -0.4 is 10.2 Å². The largest absolute Gasteiger partial charge is 0.356 e. The van der Waals surface area contributed by atoms with Crippen LogP contribution >= 0.6 is 0 Å². The van der Waals surface area contributed by atoms with Crippen LogP contribution in [0.15, 0.2) is 30.3 Å². The van der Waals surface area contributed by atoms with Gasteiger partial charge in [-0.2, -0.15) is 0 Å². The van der Waals surface area contributed by atoms with E-state index in [0.29, 0.717) is 0 Å². The average molecular weight is 346 g/mol. The molecule has 134 valence electrons. The molecule has 1 saturated heterocycles. The zero-order chi connectivity index (χ0) is 17.6. The van der Waals surface area contributed by atoms with Crippen LogP contribution in [-0.4, -0.2) is 36.1 Å². The Balaban J connectivity index is 1.43. The summed E-state index contributed by atoms with van der Waals surface area (Å²) in [5, 5.41) is 3.50. The van der Waals surface area contributed by atoms with Gasteiger partial charge in [0.15, 0.2) is 0 Å². The molecule has 1 aliphatic carbocycles. The lowest BCUT2D eigenvalue weighted by atomic mass is 9.74. The summed E-state index contributed by atoms with van der Waals surface area (Å²) in [4.78, 5) is 12.1. The summed E-state index contributed by atoms with van der Waals surface area (Å²) in [6.07, 6.45) is 9.14. The summed E-state index contributed by atoms with van der Waals surface area (Å²) in [6.45, 7) is 6.21. The molecule has 4 nitrogen and oxygen atoms in total. The minimum atomic E-state index is 0.230. The van der Waals surface area contributed by atoms with Crippen LogP contribution in [0.4, 0.5) is 5.82 Å². The average Bonchev–Trinajstić information content (AvgIpc) is 2.85. The molecule has 5 rings (SSSR count). The Hall–Kier alpha value is -2.20. The summed E-state index contributed by atoms with van der Waals surface area (Å²) in [5.74, 6) is 2.10. The van der Waals surface area contributed by atoms with Crippen molar-refractivity contribution in [1.82, 2.24) is 15.3 Å². The van der Waals surface area contributed by atoms with E-state index >= 15 is 0 Å². The van der Waals surface area contributed by atoms with Crippen molar-refractivity contribution in [3.8, 4) is 0 Å². The normalized spacial score (nSPS) is 20.7. The van der Waals surface area contributed by atoms with Gasteiger partial charge in [0, 0.05) is 37.0 Å². The molecule has 0 amide bonds. The second kappa shape index (κ2) is 6.20. The molecule has 3 heterocycles. The van der Waals surface area contributed by atoms with E-state index in [0.717, 1.165) is 57.7 Å². The maximum atomic E-state index is 4.88. The first-order valence-corrected chi connectivity index (χ1v) is 9.86. The number of rotatable bonds is 1. The highest BCUT2D eigenvalue weighted by Crippen LogP contribution is 2.44. The van der Waals surface area contributed by atoms with E-state index in [1.54, 1.807) is 0 Å². The standard InChI is InChI=1S/C22H26N4/c1-16-24-20-8-13-23-12-7-18(20)21(25-16)26-14-10-22(11-15-26)9-6-17-4-2-3-5-19(17)22/h2-6,9,23H,7-8,10-15H2,1H3. The van der Waals surface area contributed by atoms with Gasteiger partial charge in [-0.1, -0.05) is 36.4 Å². The van der Waals surface area contributed by atoms with E-state index in [4.69, 9.17) is 9.97 Å². The third-order valence-corrected chi connectivity index (χ3v) is 6.31. The number of hydrogen-bond acceptors (Lipinski definition) is 4. The van der Waals surface area contributed by atoms with Crippen LogP contribution in [0, 0.1) is 6.92 Å². The maximum absolute atomic E-state index is 4.88. The van der Waals surface area contributed by atoms with Crippen molar-refractivity contribution < 1.29 is 0 Å². The number of hydrogen-bond donors (Lipinski definition) is 1. The summed E-state index contributed by atoms with van der Waals surface area (Å²) < 4.78 is 0. The van der Waals surface area contributed by atoms with E-state index in [1.165, 1.54) is 28.2 Å². The molecule has 1 N–H and O–H groups in total. The van der Waals surface area contributed by atoms with Crippen molar-refractivity contribution in [2.24, 2.45) is 0 Å². The Kier molecular flexibility index (Phi) is 3.82. The van der Waals surface area contributed by atoms with Crippen LogP contribution in [0.3, 0.4) is 0 Å². The second-order valence-corrected chi connectivity index (χ2v) is 7.83. The van der Waals surface area contributed by atoms with Gasteiger partial charge in [-0.05, 0) is 43.9 Å². The van der Waals surface area contributed by atoms with Crippen LogP contribution in [-0.2, 0) is 18.3 Å². The van der Waals surface area contributed by atoms with Gasteiger partial charge in [0.25, 0.3) is 0 Å². The molecule has 26 heavy (non-hydrogen) atoms. The SMILES string of the molecule is Cc1nc2c(c(N3CCC4(C=Cc5ccccc54)CC3)n1)CCNCC2. The third kappa shape index (κ3) is 2.55. The first-order chi connectivity index (χ1) is 12.8. The number of fused-ring (bicyclic) bond motifs is 3. The van der Waals surface area contributed by atoms with Crippen molar-refractivity contribution in [3.05, 3.63) is 58.6 Å². The zero-order valence-corrected chi connectivity index (χ0v) is 15.5. The van der Waals surface area contributed by atoms with Crippen molar-refractivity contribution in [2.45, 2.75) is 38.0 Å². The first kappa shape index (κ1) is 16.0. The monoisotopic (exact) mass is 346 g/mol. The lowest BCUT2D eigenvalue weighted by molar-refractivity contribution is 0.409. The topological polar surface area (TPSA) is 41.1 Å². The molecule has 3 aliphatic rings. The van der Waals surface area contributed by atoms with E-state index < -0.39 is 0 Å². The predicted molar refractivity (Wildman–Crippen MR) is 106 cm³/mol. The van der Waals surface area contributed by atoms with Crippen LogP contribution in [0.5, 0.6) is 0 Å². The third-order valence-electron chi connectivity index (χ3n) is 6.31. The van der Waals surface area contributed by atoms with Crippen LogP contribution in [0.1, 0.15) is 41.1 Å². The molecule has 4 heteroatoms. The predicted octanol–water partition coefficient (Wildman–Crippen LogP) is 3.04. The van der Waals surface area contributed by atoms with Gasteiger partial charge in [-0.25, -0.2) is 9.97 Å². The van der Waals surface area contributed by atoms with Gasteiger partial charge in [0.1, 0.15) is 11.6 Å². The van der Waals surface area contributed by atoms with Crippen molar-refractivity contribution in [1.29, 1.82) is 0 Å². The fourth-order valence-corrected chi connectivity index (χ4v) is 4.90. The maximum Gasteiger partial charge on any atom is 0.135 e. The number of aryl methyl sites for hydroxylation is 1. The summed E-state index contributed by atoms with van der Waals surface area (Å²) in [6, 6.07) is 8.88. The molecule has 1 fully saturated rings. The summed E-state index contributed by atoms with van der Waals surface area (Å²) >= 11 is 0. The lowest BCUT2D eigenvalue weighted by Gasteiger charge is -2.40. The Morgan fingerprint density at radius 2 is 1.85 bits per heavy atom. The molecule has 1 aromatic heterocycles. The molecule has 0 atom stereocenters. The minimum absolute atomic E-state index is 0.230. The molecular weight excluding hydrogens is 320 g/mol.